The Morgan fingerprint density at radius 2 is 1.88 bits per heavy atom. The van der Waals surface area contributed by atoms with Crippen LogP contribution in [-0.2, 0) is 11.3 Å². The number of aryl methyl sites for hydroxylation is 2. The molecule has 0 fully saturated rings. The monoisotopic (exact) mass is 341 g/mol. The molecular weight excluding hydrogens is 326 g/mol. The zero-order valence-electron chi connectivity index (χ0n) is 13.1. The molecule has 0 saturated heterocycles. The maximum atomic E-state index is 12.3. The van der Waals surface area contributed by atoms with Gasteiger partial charge in [0.15, 0.2) is 0 Å². The van der Waals surface area contributed by atoms with Crippen molar-refractivity contribution >= 4 is 34.2 Å². The van der Waals surface area contributed by atoms with Gasteiger partial charge >= 0.3 is 0 Å². The van der Waals surface area contributed by atoms with E-state index in [0.29, 0.717) is 22.9 Å². The average molecular weight is 342 g/mol. The summed E-state index contributed by atoms with van der Waals surface area (Å²) >= 11 is 5.82. The predicted molar refractivity (Wildman–Crippen MR) is 95.4 cm³/mol. The molecule has 0 saturated carbocycles. The van der Waals surface area contributed by atoms with Crippen LogP contribution in [0.2, 0.25) is 5.02 Å². The lowest BCUT2D eigenvalue weighted by atomic mass is 10.2. The molecule has 1 aromatic heterocycles. The highest BCUT2D eigenvalue weighted by Gasteiger charge is 2.10. The van der Waals surface area contributed by atoms with Gasteiger partial charge in [0.1, 0.15) is 5.69 Å². The second-order valence-corrected chi connectivity index (χ2v) is 5.88. The summed E-state index contributed by atoms with van der Waals surface area (Å²) < 4.78 is 1.60. The Morgan fingerprint density at radius 3 is 2.62 bits per heavy atom. The molecule has 1 heterocycles. The Morgan fingerprint density at radius 1 is 1.17 bits per heavy atom. The second kappa shape index (κ2) is 6.84. The number of halogens is 1. The molecule has 2 aromatic carbocycles. The molecule has 0 aliphatic carbocycles. The molecule has 3 aromatic rings. The van der Waals surface area contributed by atoms with Gasteiger partial charge in [-0.2, -0.15) is 0 Å². The van der Waals surface area contributed by atoms with Crippen LogP contribution >= 0.6 is 11.6 Å². The van der Waals surface area contributed by atoms with E-state index < -0.39 is 0 Å². The van der Waals surface area contributed by atoms with E-state index in [4.69, 9.17) is 11.6 Å². The molecule has 24 heavy (non-hydrogen) atoms. The van der Waals surface area contributed by atoms with E-state index in [1.54, 1.807) is 35.8 Å². The zero-order chi connectivity index (χ0) is 17.1. The van der Waals surface area contributed by atoms with Crippen LogP contribution < -0.4 is 10.9 Å². The highest BCUT2D eigenvalue weighted by atomic mass is 35.5. The number of hydrogen-bond acceptors (Lipinski definition) is 3. The van der Waals surface area contributed by atoms with Crippen LogP contribution in [0, 0.1) is 6.92 Å². The third kappa shape index (κ3) is 3.46. The van der Waals surface area contributed by atoms with Gasteiger partial charge in [-0.1, -0.05) is 23.7 Å². The fourth-order valence-electron chi connectivity index (χ4n) is 2.51. The maximum absolute atomic E-state index is 12.3. The van der Waals surface area contributed by atoms with Crippen LogP contribution in [0.3, 0.4) is 0 Å². The van der Waals surface area contributed by atoms with Crippen molar-refractivity contribution < 1.29 is 4.79 Å². The number of carbonyl (C=O) groups excluding carboxylic acids is 1. The molecule has 122 valence electrons. The number of nitrogens with zero attached hydrogens (tertiary/aromatic N) is 2. The van der Waals surface area contributed by atoms with Gasteiger partial charge in [-0.05, 0) is 43.3 Å². The van der Waals surface area contributed by atoms with Crippen LogP contribution in [0.1, 0.15) is 12.1 Å². The van der Waals surface area contributed by atoms with Crippen LogP contribution in [0.4, 0.5) is 5.69 Å². The van der Waals surface area contributed by atoms with E-state index >= 15 is 0 Å². The van der Waals surface area contributed by atoms with Crippen molar-refractivity contribution in [1.82, 2.24) is 9.55 Å². The van der Waals surface area contributed by atoms with Gasteiger partial charge < -0.3 is 9.88 Å². The van der Waals surface area contributed by atoms with E-state index in [2.05, 4.69) is 10.3 Å². The van der Waals surface area contributed by atoms with Gasteiger partial charge in [0.05, 0.1) is 11.0 Å². The Balaban J connectivity index is 1.78. The number of amides is 1. The lowest BCUT2D eigenvalue weighted by Gasteiger charge is -2.11. The van der Waals surface area contributed by atoms with Crippen LogP contribution in [-0.4, -0.2) is 15.5 Å². The molecule has 3 rings (SSSR count). The summed E-state index contributed by atoms with van der Waals surface area (Å²) in [7, 11) is 0. The average Bonchev–Trinajstić information content (AvgIpc) is 2.57. The molecule has 0 spiro atoms. The summed E-state index contributed by atoms with van der Waals surface area (Å²) in [5.74, 6) is -0.164. The van der Waals surface area contributed by atoms with E-state index in [1.807, 2.05) is 24.3 Å². The maximum Gasteiger partial charge on any atom is 0.272 e. The number of para-hydroxylation sites is 2. The predicted octanol–water partition coefficient (Wildman–Crippen LogP) is 3.39. The van der Waals surface area contributed by atoms with E-state index in [1.165, 1.54) is 0 Å². The molecule has 0 aliphatic rings. The van der Waals surface area contributed by atoms with Crippen molar-refractivity contribution in [3.05, 3.63) is 69.6 Å². The summed E-state index contributed by atoms with van der Waals surface area (Å²) in [5.41, 5.74) is 2.40. The first kappa shape index (κ1) is 16.2. The molecule has 1 N–H and O–H groups in total. The highest BCUT2D eigenvalue weighted by Crippen LogP contribution is 2.14. The van der Waals surface area contributed by atoms with Gasteiger partial charge in [0, 0.05) is 23.7 Å². The summed E-state index contributed by atoms with van der Waals surface area (Å²) in [6.45, 7) is 1.97. The number of rotatable bonds is 4. The van der Waals surface area contributed by atoms with Crippen molar-refractivity contribution in [1.29, 1.82) is 0 Å². The number of anilines is 1. The zero-order valence-corrected chi connectivity index (χ0v) is 13.9. The minimum Gasteiger partial charge on any atom is -0.326 e. The van der Waals surface area contributed by atoms with Gasteiger partial charge in [-0.3, -0.25) is 9.59 Å². The van der Waals surface area contributed by atoms with E-state index in [9.17, 15) is 9.59 Å². The molecule has 0 atom stereocenters. The van der Waals surface area contributed by atoms with E-state index in [0.717, 1.165) is 11.0 Å². The van der Waals surface area contributed by atoms with Gasteiger partial charge in [0.2, 0.25) is 5.91 Å². The lowest BCUT2D eigenvalue weighted by Crippen LogP contribution is -2.26. The second-order valence-electron chi connectivity index (χ2n) is 5.45. The molecule has 6 heteroatoms. The minimum atomic E-state index is -0.173. The third-order valence-corrected chi connectivity index (χ3v) is 3.96. The van der Waals surface area contributed by atoms with Crippen molar-refractivity contribution in [2.45, 2.75) is 19.9 Å². The first-order valence-corrected chi connectivity index (χ1v) is 7.94. The molecule has 0 aliphatic heterocycles. The number of carbonyl (C=O) groups is 1. The molecule has 1 amide bonds. The fourth-order valence-corrected chi connectivity index (χ4v) is 2.64. The number of nitrogens with one attached hydrogen (secondary N) is 1. The normalized spacial score (nSPS) is 10.8. The third-order valence-electron chi connectivity index (χ3n) is 3.71. The fraction of sp³-hybridized carbons (Fsp3) is 0.167. The summed E-state index contributed by atoms with van der Waals surface area (Å²) in [5, 5.41) is 3.40. The summed E-state index contributed by atoms with van der Waals surface area (Å²) in [6, 6.07) is 14.3. The number of hydrogen-bond donors (Lipinski definition) is 1. The molecule has 0 radical (unpaired) electrons. The van der Waals surface area contributed by atoms with Gasteiger partial charge in [-0.15, -0.1) is 0 Å². The first-order chi connectivity index (χ1) is 11.5. The summed E-state index contributed by atoms with van der Waals surface area (Å²) in [4.78, 5) is 28.8. The van der Waals surface area contributed by atoms with Crippen LogP contribution in [0.25, 0.3) is 11.0 Å². The molecule has 0 bridgehead atoms. The van der Waals surface area contributed by atoms with E-state index in [-0.39, 0.29) is 17.9 Å². The highest BCUT2D eigenvalue weighted by molar-refractivity contribution is 6.30. The number of fused-ring (bicyclic) bond motifs is 1. The Labute approximate surface area is 143 Å². The smallest absolute Gasteiger partial charge is 0.272 e. The quantitative estimate of drug-likeness (QED) is 0.791. The first-order valence-electron chi connectivity index (χ1n) is 7.56. The molecule has 5 nitrogen and oxygen atoms in total. The van der Waals surface area contributed by atoms with Crippen LogP contribution in [0.5, 0.6) is 0 Å². The van der Waals surface area contributed by atoms with Crippen LogP contribution in [0.15, 0.2) is 53.3 Å². The van der Waals surface area contributed by atoms with Crippen molar-refractivity contribution in [2.75, 3.05) is 5.32 Å². The van der Waals surface area contributed by atoms with Crippen molar-refractivity contribution in [3.8, 4) is 0 Å². The standard InChI is InChI=1S/C18H16ClN3O2/c1-12-18(24)22(16-5-3-2-4-15(16)20-12)11-10-17(23)21-14-8-6-13(19)7-9-14/h2-9H,10-11H2,1H3,(H,21,23). The Hall–Kier alpha value is -2.66. The Bertz CT molecular complexity index is 949. The SMILES string of the molecule is Cc1nc2ccccc2n(CCC(=O)Nc2ccc(Cl)cc2)c1=O. The minimum absolute atomic E-state index is 0.164. The summed E-state index contributed by atoms with van der Waals surface area (Å²) in [6.07, 6.45) is 0.190. The van der Waals surface area contributed by atoms with Crippen molar-refractivity contribution in [2.24, 2.45) is 0 Å². The molecule has 0 unspecified atom stereocenters. The number of aromatic nitrogens is 2. The number of benzene rings is 2. The molecular formula is C18H16ClN3O2. The topological polar surface area (TPSA) is 64.0 Å². The largest absolute Gasteiger partial charge is 0.326 e. The van der Waals surface area contributed by atoms with Gasteiger partial charge in [-0.25, -0.2) is 4.98 Å². The van der Waals surface area contributed by atoms with Crippen molar-refractivity contribution in [3.63, 3.8) is 0 Å². The van der Waals surface area contributed by atoms with Gasteiger partial charge in [0.25, 0.3) is 5.56 Å². The lowest BCUT2D eigenvalue weighted by molar-refractivity contribution is -0.116. The Kier molecular flexibility index (Phi) is 4.62.